The Morgan fingerprint density at radius 1 is 1.15 bits per heavy atom. The highest BCUT2D eigenvalue weighted by molar-refractivity contribution is 6.05. The fourth-order valence-corrected chi connectivity index (χ4v) is 3.59. The molecule has 0 saturated heterocycles. The first-order chi connectivity index (χ1) is 18.5. The number of nitrogens with zero attached hydrogens (tertiary/aromatic N) is 3. The van der Waals surface area contributed by atoms with Crippen molar-refractivity contribution in [1.29, 1.82) is 0 Å². The van der Waals surface area contributed by atoms with Crippen molar-refractivity contribution in [3.63, 3.8) is 0 Å². The van der Waals surface area contributed by atoms with Gasteiger partial charge < -0.3 is 27.3 Å². The molecule has 0 bridgehead atoms. The van der Waals surface area contributed by atoms with Gasteiger partial charge in [-0.25, -0.2) is 4.98 Å². The molecule has 1 atom stereocenters. The van der Waals surface area contributed by atoms with Gasteiger partial charge in [0.2, 0.25) is 0 Å². The van der Waals surface area contributed by atoms with E-state index in [1.54, 1.807) is 18.2 Å². The van der Waals surface area contributed by atoms with E-state index in [1.165, 1.54) is 23.9 Å². The molecule has 3 rings (SSSR count). The number of benzene rings is 1. The van der Waals surface area contributed by atoms with Gasteiger partial charge in [0.1, 0.15) is 24.3 Å². The molecule has 39 heavy (non-hydrogen) atoms. The molecule has 10 nitrogen and oxygen atoms in total. The number of fused-ring (bicyclic) bond motifs is 1. The van der Waals surface area contributed by atoms with Crippen LogP contribution in [0.3, 0.4) is 0 Å². The average molecular weight is 552 g/mol. The molecule has 0 radical (unpaired) electrons. The number of hydrogen-bond acceptors (Lipinski definition) is 8. The highest BCUT2D eigenvalue weighted by Gasteiger charge is 2.32. The van der Waals surface area contributed by atoms with Crippen LogP contribution in [0.4, 0.5) is 24.7 Å². The lowest BCUT2D eigenvalue weighted by Crippen LogP contribution is -2.16. The molecule has 0 aliphatic carbocycles. The van der Waals surface area contributed by atoms with Gasteiger partial charge in [-0.1, -0.05) is 19.9 Å². The first-order valence-electron chi connectivity index (χ1n) is 12.4. The van der Waals surface area contributed by atoms with Crippen LogP contribution in [0.1, 0.15) is 55.7 Å². The smallest absolute Gasteiger partial charge is 0.399 e. The molecule has 1 unspecified atom stereocenters. The van der Waals surface area contributed by atoms with Crippen molar-refractivity contribution in [3.05, 3.63) is 47.8 Å². The number of pyridine rings is 1. The van der Waals surface area contributed by atoms with Crippen LogP contribution in [0.15, 0.2) is 36.4 Å². The van der Waals surface area contributed by atoms with Gasteiger partial charge in [-0.2, -0.15) is 18.3 Å². The second kappa shape index (κ2) is 16.1. The van der Waals surface area contributed by atoms with Crippen molar-refractivity contribution in [1.82, 2.24) is 14.8 Å². The Labute approximate surface area is 225 Å². The quantitative estimate of drug-likeness (QED) is 0.206. The van der Waals surface area contributed by atoms with Crippen LogP contribution in [-0.4, -0.2) is 46.3 Å². The zero-order valence-corrected chi connectivity index (χ0v) is 22.3. The number of carbonyl (C=O) groups is 3. The summed E-state index contributed by atoms with van der Waals surface area (Å²) in [5.74, 6) is -0.382. The number of ketones is 1. The van der Waals surface area contributed by atoms with Crippen molar-refractivity contribution < 1.29 is 27.6 Å². The molecular weight excluding hydrogens is 515 g/mol. The molecule has 0 saturated carbocycles. The SMILES string of the molecule is CC.CNc1cccc(C(F)(F)F)n1.NCCC(CC=O)CCC(=O)Cn1nc(C(N)=O)c2cc(N)ccc21. The number of nitrogen functional groups attached to an aromatic ring is 1. The normalized spacial score (nSPS) is 11.5. The molecule has 13 heteroatoms. The van der Waals surface area contributed by atoms with Crippen molar-refractivity contribution in [2.45, 2.75) is 52.3 Å². The highest BCUT2D eigenvalue weighted by Crippen LogP contribution is 2.28. The van der Waals surface area contributed by atoms with Crippen molar-refractivity contribution in [2.75, 3.05) is 24.6 Å². The summed E-state index contributed by atoms with van der Waals surface area (Å²) >= 11 is 0. The van der Waals surface area contributed by atoms with E-state index in [9.17, 15) is 27.6 Å². The summed E-state index contributed by atoms with van der Waals surface area (Å²) in [5, 5.41) is 7.22. The number of halogens is 3. The molecule has 1 aromatic carbocycles. The minimum Gasteiger partial charge on any atom is -0.399 e. The highest BCUT2D eigenvalue weighted by atomic mass is 19.4. The van der Waals surface area contributed by atoms with Crippen LogP contribution in [0.5, 0.6) is 0 Å². The van der Waals surface area contributed by atoms with E-state index in [0.29, 0.717) is 48.8 Å². The minimum absolute atomic E-state index is 0.0319. The maximum absolute atomic E-state index is 12.3. The van der Waals surface area contributed by atoms with Crippen LogP contribution in [0, 0.1) is 5.92 Å². The van der Waals surface area contributed by atoms with Gasteiger partial charge in [0.05, 0.1) is 5.52 Å². The van der Waals surface area contributed by atoms with Gasteiger partial charge in [-0.3, -0.25) is 14.3 Å². The van der Waals surface area contributed by atoms with Gasteiger partial charge >= 0.3 is 6.18 Å². The van der Waals surface area contributed by atoms with Gasteiger partial charge in [-0.05, 0) is 55.6 Å². The van der Waals surface area contributed by atoms with E-state index >= 15 is 0 Å². The Morgan fingerprint density at radius 3 is 2.41 bits per heavy atom. The lowest BCUT2D eigenvalue weighted by atomic mass is 9.95. The molecule has 0 aliphatic rings. The first-order valence-corrected chi connectivity index (χ1v) is 12.4. The topological polar surface area (TPSA) is 172 Å². The summed E-state index contributed by atoms with van der Waals surface area (Å²) in [5.41, 5.74) is 17.0. The summed E-state index contributed by atoms with van der Waals surface area (Å²) in [4.78, 5) is 37.9. The lowest BCUT2D eigenvalue weighted by molar-refractivity contribution is -0.141. The molecule has 1 amide bonds. The van der Waals surface area contributed by atoms with E-state index in [-0.39, 0.29) is 29.8 Å². The van der Waals surface area contributed by atoms with Crippen molar-refractivity contribution >= 4 is 40.4 Å². The zero-order valence-electron chi connectivity index (χ0n) is 22.3. The summed E-state index contributed by atoms with van der Waals surface area (Å²) in [6.07, 6.45) is -1.48. The molecule has 0 spiro atoms. The molecule has 2 aromatic heterocycles. The third-order valence-electron chi connectivity index (χ3n) is 5.47. The maximum atomic E-state index is 12.3. The summed E-state index contributed by atoms with van der Waals surface area (Å²) < 4.78 is 37.5. The van der Waals surface area contributed by atoms with Crippen molar-refractivity contribution in [2.24, 2.45) is 17.4 Å². The van der Waals surface area contributed by atoms with Gasteiger partial charge in [0.15, 0.2) is 11.5 Å². The van der Waals surface area contributed by atoms with E-state index in [2.05, 4.69) is 15.4 Å². The average Bonchev–Trinajstić information content (AvgIpc) is 3.26. The first kappa shape index (κ1) is 33.0. The standard InChI is InChI=1S/C17H23N5O3.C7H7F3N2.C2H6/c18-7-5-11(6-8-23)1-3-13(24)10-22-15-4-2-12(19)9-14(15)16(21-22)17(20)25;1-11-6-4-2-3-5(12-6)7(8,9)10;1-2/h2,4,8-9,11H,1,3,5-7,10,18-19H2,(H2,20,25);2-4H,1H3,(H,11,12);1-2H3. The van der Waals surface area contributed by atoms with Crippen LogP contribution < -0.4 is 22.5 Å². The van der Waals surface area contributed by atoms with Crippen LogP contribution >= 0.6 is 0 Å². The molecule has 214 valence electrons. The number of aldehydes is 1. The Hall–Kier alpha value is -4.00. The van der Waals surface area contributed by atoms with E-state index in [1.807, 2.05) is 13.8 Å². The fraction of sp³-hybridized carbons (Fsp3) is 0.423. The third kappa shape index (κ3) is 10.3. The van der Waals surface area contributed by atoms with Gasteiger partial charge in [0.25, 0.3) is 5.91 Å². The number of nitrogens with one attached hydrogen (secondary N) is 1. The second-order valence-corrected chi connectivity index (χ2v) is 8.23. The summed E-state index contributed by atoms with van der Waals surface area (Å²) in [6.45, 7) is 4.52. The number of aromatic nitrogens is 3. The summed E-state index contributed by atoms with van der Waals surface area (Å²) in [6, 6.07) is 8.71. The van der Waals surface area contributed by atoms with E-state index in [0.717, 1.165) is 12.4 Å². The van der Waals surface area contributed by atoms with Crippen LogP contribution in [-0.2, 0) is 22.3 Å². The lowest BCUT2D eigenvalue weighted by Gasteiger charge is -2.12. The molecule has 2 heterocycles. The van der Waals surface area contributed by atoms with E-state index < -0.39 is 17.8 Å². The Morgan fingerprint density at radius 2 is 1.85 bits per heavy atom. The Kier molecular flexibility index (Phi) is 13.6. The van der Waals surface area contributed by atoms with Crippen LogP contribution in [0.25, 0.3) is 10.9 Å². The van der Waals surface area contributed by atoms with Crippen LogP contribution in [0.2, 0.25) is 0 Å². The number of primary amides is 1. The molecule has 7 N–H and O–H groups in total. The maximum Gasteiger partial charge on any atom is 0.433 e. The summed E-state index contributed by atoms with van der Waals surface area (Å²) in [7, 11) is 1.52. The van der Waals surface area contributed by atoms with E-state index in [4.69, 9.17) is 17.2 Å². The molecular formula is C26H36F3N7O3. The molecule has 0 fully saturated rings. The predicted octanol–water partition coefficient (Wildman–Crippen LogP) is 3.79. The number of amides is 1. The minimum atomic E-state index is -4.37. The largest absolute Gasteiger partial charge is 0.433 e. The number of rotatable bonds is 11. The predicted molar refractivity (Wildman–Crippen MR) is 145 cm³/mol. The molecule has 0 aliphatic heterocycles. The monoisotopic (exact) mass is 551 g/mol. The zero-order chi connectivity index (χ0) is 29.6. The fourth-order valence-electron chi connectivity index (χ4n) is 3.59. The number of hydrogen-bond donors (Lipinski definition) is 4. The number of carbonyl (C=O) groups excluding carboxylic acids is 3. The number of alkyl halides is 3. The van der Waals surface area contributed by atoms with Crippen molar-refractivity contribution in [3.8, 4) is 0 Å². The molecule has 3 aromatic rings. The number of nitrogens with two attached hydrogens (primary N) is 3. The van der Waals surface area contributed by atoms with Gasteiger partial charge in [-0.15, -0.1) is 0 Å². The third-order valence-corrected chi connectivity index (χ3v) is 5.47. The Balaban J connectivity index is 0.000000454. The van der Waals surface area contributed by atoms with Gasteiger partial charge in [0, 0.05) is 31.0 Å². The number of anilines is 2. The number of Topliss-reactive ketones (excluding diaryl/α,β-unsaturated/α-hetero) is 1. The Bertz CT molecular complexity index is 1230. The second-order valence-electron chi connectivity index (χ2n) is 8.23.